The zero-order chi connectivity index (χ0) is 23.7. The Bertz CT molecular complexity index is 1250. The summed E-state index contributed by atoms with van der Waals surface area (Å²) in [4.78, 5) is 31.0. The monoisotopic (exact) mass is 466 g/mol. The minimum atomic E-state index is -0.625. The van der Waals surface area contributed by atoms with E-state index in [1.807, 2.05) is 6.92 Å². The fourth-order valence-electron chi connectivity index (χ4n) is 4.77. The van der Waals surface area contributed by atoms with Crippen LogP contribution in [-0.4, -0.2) is 61.7 Å². The average molecular weight is 467 g/mol. The van der Waals surface area contributed by atoms with E-state index in [4.69, 9.17) is 13.9 Å². The lowest BCUT2D eigenvalue weighted by atomic mass is 9.98. The lowest BCUT2D eigenvalue weighted by molar-refractivity contribution is 0.0353. The van der Waals surface area contributed by atoms with Crippen molar-refractivity contribution in [3.8, 4) is 5.75 Å². The predicted octanol–water partition coefficient (Wildman–Crippen LogP) is 3.60. The second-order valence-corrected chi connectivity index (χ2v) is 8.53. The van der Waals surface area contributed by atoms with Crippen molar-refractivity contribution in [1.29, 1.82) is 0 Å². The number of rotatable bonds is 7. The van der Waals surface area contributed by atoms with Gasteiger partial charge in [-0.25, -0.2) is 4.39 Å². The highest BCUT2D eigenvalue weighted by atomic mass is 19.1. The van der Waals surface area contributed by atoms with Gasteiger partial charge in [0.05, 0.1) is 36.8 Å². The highest BCUT2D eigenvalue weighted by Crippen LogP contribution is 2.38. The first-order valence-corrected chi connectivity index (χ1v) is 11.7. The topological polar surface area (TPSA) is 72.2 Å². The summed E-state index contributed by atoms with van der Waals surface area (Å²) in [5.74, 6) is -0.0823. The van der Waals surface area contributed by atoms with Gasteiger partial charge in [-0.1, -0.05) is 12.1 Å². The molecule has 2 aliphatic rings. The molecule has 34 heavy (non-hydrogen) atoms. The van der Waals surface area contributed by atoms with Gasteiger partial charge in [-0.2, -0.15) is 0 Å². The standard InChI is InChI=1S/C26H27FN2O5/c1-2-33-19-8-9-20-21(16-19)34-25-22(24(20)30)23(17-4-6-18(27)7-5-17)29(26(25)31)11-3-10-28-12-14-32-15-13-28/h4-9,16,23H,2-3,10-15H2,1H3. The quantitative estimate of drug-likeness (QED) is 0.530. The SMILES string of the molecule is CCOc1ccc2c(=O)c3c(oc2c1)C(=O)N(CCCN1CCOCC1)C3c1ccc(F)cc1. The van der Waals surface area contributed by atoms with Crippen LogP contribution in [0, 0.1) is 5.82 Å². The number of nitrogens with zero attached hydrogens (tertiary/aromatic N) is 2. The number of benzene rings is 2. The number of morpholine rings is 1. The zero-order valence-electron chi connectivity index (χ0n) is 19.1. The van der Waals surface area contributed by atoms with Crippen LogP contribution in [-0.2, 0) is 4.74 Å². The Kier molecular flexibility index (Phi) is 6.34. The van der Waals surface area contributed by atoms with Gasteiger partial charge >= 0.3 is 0 Å². The van der Waals surface area contributed by atoms with Crippen molar-refractivity contribution >= 4 is 16.9 Å². The molecule has 3 aromatic rings. The van der Waals surface area contributed by atoms with Gasteiger partial charge in [0.1, 0.15) is 17.1 Å². The number of amides is 1. The second kappa shape index (κ2) is 9.56. The molecule has 2 aliphatic heterocycles. The van der Waals surface area contributed by atoms with Crippen molar-refractivity contribution in [3.63, 3.8) is 0 Å². The van der Waals surface area contributed by atoms with Gasteiger partial charge in [0.15, 0.2) is 5.43 Å². The molecule has 7 nitrogen and oxygen atoms in total. The lowest BCUT2D eigenvalue weighted by Gasteiger charge is -2.29. The van der Waals surface area contributed by atoms with Crippen LogP contribution >= 0.6 is 0 Å². The Morgan fingerprint density at radius 3 is 2.56 bits per heavy atom. The Balaban J connectivity index is 1.52. The molecule has 0 spiro atoms. The van der Waals surface area contributed by atoms with Crippen molar-refractivity contribution in [3.05, 3.63) is 75.4 Å². The van der Waals surface area contributed by atoms with Crippen LogP contribution in [0.5, 0.6) is 5.75 Å². The van der Waals surface area contributed by atoms with E-state index >= 15 is 0 Å². The molecule has 1 fully saturated rings. The first-order valence-electron chi connectivity index (χ1n) is 11.7. The molecule has 1 atom stereocenters. The van der Waals surface area contributed by atoms with Gasteiger partial charge < -0.3 is 18.8 Å². The number of carbonyl (C=O) groups is 1. The van der Waals surface area contributed by atoms with Gasteiger partial charge in [0.2, 0.25) is 5.76 Å². The number of halogens is 1. The van der Waals surface area contributed by atoms with Gasteiger partial charge in [0.25, 0.3) is 5.91 Å². The molecule has 0 aliphatic carbocycles. The molecule has 1 aromatic heterocycles. The smallest absolute Gasteiger partial charge is 0.290 e. The van der Waals surface area contributed by atoms with E-state index in [2.05, 4.69) is 4.90 Å². The summed E-state index contributed by atoms with van der Waals surface area (Å²) in [5, 5.41) is 0.386. The van der Waals surface area contributed by atoms with Crippen LogP contribution in [0.4, 0.5) is 4.39 Å². The molecular formula is C26H27FN2O5. The molecule has 5 rings (SSSR count). The van der Waals surface area contributed by atoms with Crippen molar-refractivity contribution < 1.29 is 23.1 Å². The van der Waals surface area contributed by atoms with Crippen LogP contribution in [0.25, 0.3) is 11.0 Å². The molecule has 3 heterocycles. The third-order valence-corrected chi connectivity index (χ3v) is 6.41. The largest absolute Gasteiger partial charge is 0.494 e. The molecular weight excluding hydrogens is 439 g/mol. The van der Waals surface area contributed by atoms with E-state index in [1.165, 1.54) is 12.1 Å². The van der Waals surface area contributed by atoms with Crippen LogP contribution in [0.1, 0.15) is 41.1 Å². The average Bonchev–Trinajstić information content (AvgIpc) is 3.12. The predicted molar refractivity (Wildman–Crippen MR) is 125 cm³/mol. The van der Waals surface area contributed by atoms with E-state index in [9.17, 15) is 14.0 Å². The highest BCUT2D eigenvalue weighted by molar-refractivity contribution is 5.99. The molecule has 1 saturated heterocycles. The molecule has 8 heteroatoms. The van der Waals surface area contributed by atoms with E-state index in [0.717, 1.165) is 26.1 Å². The molecule has 178 valence electrons. The molecule has 0 saturated carbocycles. The van der Waals surface area contributed by atoms with Crippen molar-refractivity contribution in [2.75, 3.05) is 46.0 Å². The third-order valence-electron chi connectivity index (χ3n) is 6.41. The van der Waals surface area contributed by atoms with Crippen LogP contribution in [0.3, 0.4) is 0 Å². The maximum absolute atomic E-state index is 13.7. The second-order valence-electron chi connectivity index (χ2n) is 8.53. The summed E-state index contributed by atoms with van der Waals surface area (Å²) in [7, 11) is 0. The minimum absolute atomic E-state index is 0.0480. The summed E-state index contributed by atoms with van der Waals surface area (Å²) in [6.45, 7) is 6.76. The van der Waals surface area contributed by atoms with E-state index in [0.29, 0.717) is 54.2 Å². The lowest BCUT2D eigenvalue weighted by Crippen LogP contribution is -2.38. The first-order chi connectivity index (χ1) is 16.6. The Morgan fingerprint density at radius 2 is 1.82 bits per heavy atom. The van der Waals surface area contributed by atoms with E-state index in [1.54, 1.807) is 35.2 Å². The fourth-order valence-corrected chi connectivity index (χ4v) is 4.77. The zero-order valence-corrected chi connectivity index (χ0v) is 19.1. The Labute approximate surface area is 196 Å². The minimum Gasteiger partial charge on any atom is -0.494 e. The van der Waals surface area contributed by atoms with Crippen molar-refractivity contribution in [1.82, 2.24) is 9.80 Å². The molecule has 2 aromatic carbocycles. The van der Waals surface area contributed by atoms with Crippen LogP contribution in [0.15, 0.2) is 51.7 Å². The molecule has 1 unspecified atom stereocenters. The summed E-state index contributed by atoms with van der Waals surface area (Å²) >= 11 is 0. The fraction of sp³-hybridized carbons (Fsp3) is 0.385. The van der Waals surface area contributed by atoms with Gasteiger partial charge in [0, 0.05) is 32.2 Å². The molecule has 0 radical (unpaired) electrons. The van der Waals surface area contributed by atoms with Gasteiger partial charge in [-0.15, -0.1) is 0 Å². The van der Waals surface area contributed by atoms with Gasteiger partial charge in [-0.05, 0) is 43.2 Å². The molecule has 0 N–H and O–H groups in total. The summed E-state index contributed by atoms with van der Waals surface area (Å²) in [6, 6.07) is 10.3. The first kappa shape index (κ1) is 22.6. The van der Waals surface area contributed by atoms with Crippen molar-refractivity contribution in [2.24, 2.45) is 0 Å². The normalized spacial score (nSPS) is 18.5. The van der Waals surface area contributed by atoms with E-state index in [-0.39, 0.29) is 22.9 Å². The molecule has 0 bridgehead atoms. The summed E-state index contributed by atoms with van der Waals surface area (Å²) in [5.41, 5.74) is 1.05. The van der Waals surface area contributed by atoms with Crippen molar-refractivity contribution in [2.45, 2.75) is 19.4 Å². The van der Waals surface area contributed by atoms with Crippen LogP contribution < -0.4 is 10.2 Å². The Morgan fingerprint density at radius 1 is 1.06 bits per heavy atom. The number of hydrogen-bond donors (Lipinski definition) is 0. The van der Waals surface area contributed by atoms with E-state index < -0.39 is 6.04 Å². The van der Waals surface area contributed by atoms with Gasteiger partial charge in [-0.3, -0.25) is 14.5 Å². The number of ether oxygens (including phenoxy) is 2. The maximum Gasteiger partial charge on any atom is 0.290 e. The number of fused-ring (bicyclic) bond motifs is 2. The van der Waals surface area contributed by atoms with Crippen LogP contribution in [0.2, 0.25) is 0 Å². The third kappa shape index (κ3) is 4.19. The summed E-state index contributed by atoms with van der Waals surface area (Å²) in [6.07, 6.45) is 0.736. The highest BCUT2D eigenvalue weighted by Gasteiger charge is 2.42. The Hall–Kier alpha value is -3.23. The maximum atomic E-state index is 13.7. The molecule has 1 amide bonds. The number of carbonyl (C=O) groups excluding carboxylic acids is 1. The summed E-state index contributed by atoms with van der Waals surface area (Å²) < 4.78 is 30.6. The number of hydrogen-bond acceptors (Lipinski definition) is 6.